The number of aryl methyl sites for hydroxylation is 2. The highest BCUT2D eigenvalue weighted by Crippen LogP contribution is 2.33. The molecule has 1 heterocycles. The highest BCUT2D eigenvalue weighted by molar-refractivity contribution is 6.00. The van der Waals surface area contributed by atoms with E-state index >= 15 is 0 Å². The summed E-state index contributed by atoms with van der Waals surface area (Å²) >= 11 is 0. The Morgan fingerprint density at radius 3 is 2.40 bits per heavy atom. The van der Waals surface area contributed by atoms with Crippen LogP contribution in [0.15, 0.2) is 66.7 Å². The van der Waals surface area contributed by atoms with Gasteiger partial charge in [-0.15, -0.1) is 0 Å². The van der Waals surface area contributed by atoms with Crippen LogP contribution in [0.25, 0.3) is 10.9 Å². The number of hydrogen-bond acceptors (Lipinski definition) is 4. The molecule has 0 unspecified atom stereocenters. The number of nitrogens with zero attached hydrogens (tertiary/aromatic N) is 1. The fourth-order valence-corrected chi connectivity index (χ4v) is 5.69. The van der Waals surface area contributed by atoms with Gasteiger partial charge < -0.3 is 16.0 Å². The van der Waals surface area contributed by atoms with Gasteiger partial charge >= 0.3 is 0 Å². The molecule has 0 spiro atoms. The molecule has 4 aromatic rings. The van der Waals surface area contributed by atoms with Crippen molar-refractivity contribution in [3.05, 3.63) is 94.7 Å². The van der Waals surface area contributed by atoms with Crippen molar-refractivity contribution in [2.24, 2.45) is 0 Å². The number of nitrogens with one attached hydrogen (secondary N) is 3. The number of anilines is 3. The Bertz CT molecular complexity index is 1460. The Labute approximate surface area is 238 Å². The summed E-state index contributed by atoms with van der Waals surface area (Å²) in [5.41, 5.74) is 10.1. The molecular formula is C35H42N4O. The topological polar surface area (TPSA) is 66.1 Å². The van der Waals surface area contributed by atoms with Gasteiger partial charge in [0.15, 0.2) is 0 Å². The van der Waals surface area contributed by atoms with E-state index in [0.717, 1.165) is 55.5 Å². The Morgan fingerprint density at radius 1 is 0.775 bits per heavy atom. The maximum absolute atomic E-state index is 12.9. The standard InChI is InChI=1S/C35H42N4O/c1-25-15-14-22-30(26(25)2)38-33-21-11-8-18-29(33)35(40)37-24-13-5-3-4-12-23-36-34-27-16-6-9-19-31(27)39-32-20-10-7-17-28(32)34/h6,8-9,11,14-16,18-19,21-22,38H,3-5,7,10,12-13,17,20,23-24H2,1-2H3,(H,36,39)(H,37,40). The fourth-order valence-electron chi connectivity index (χ4n) is 5.69. The van der Waals surface area contributed by atoms with Gasteiger partial charge in [-0.3, -0.25) is 9.78 Å². The first-order valence-electron chi connectivity index (χ1n) is 15.0. The van der Waals surface area contributed by atoms with Gasteiger partial charge in [0.1, 0.15) is 0 Å². The Kier molecular flexibility index (Phi) is 9.33. The molecule has 3 aromatic carbocycles. The van der Waals surface area contributed by atoms with E-state index in [-0.39, 0.29) is 5.91 Å². The molecule has 5 nitrogen and oxygen atoms in total. The third-order valence-corrected chi connectivity index (χ3v) is 8.16. The molecule has 0 saturated carbocycles. The second-order valence-electron chi connectivity index (χ2n) is 11.0. The molecule has 3 N–H and O–H groups in total. The number of fused-ring (bicyclic) bond motifs is 2. The molecule has 0 fully saturated rings. The first-order valence-corrected chi connectivity index (χ1v) is 15.0. The van der Waals surface area contributed by atoms with Crippen molar-refractivity contribution in [1.29, 1.82) is 0 Å². The van der Waals surface area contributed by atoms with Gasteiger partial charge in [0.2, 0.25) is 0 Å². The van der Waals surface area contributed by atoms with Crippen LogP contribution >= 0.6 is 0 Å². The zero-order chi connectivity index (χ0) is 27.7. The second-order valence-corrected chi connectivity index (χ2v) is 11.0. The van der Waals surface area contributed by atoms with Crippen molar-refractivity contribution in [2.75, 3.05) is 23.7 Å². The highest BCUT2D eigenvalue weighted by atomic mass is 16.1. The third-order valence-electron chi connectivity index (χ3n) is 8.16. The summed E-state index contributed by atoms with van der Waals surface area (Å²) in [6.07, 6.45) is 10.4. The van der Waals surface area contributed by atoms with Crippen molar-refractivity contribution in [3.8, 4) is 0 Å². The minimum atomic E-state index is -0.0227. The molecule has 0 bridgehead atoms. The first-order chi connectivity index (χ1) is 19.6. The number of pyridine rings is 1. The van der Waals surface area contributed by atoms with E-state index in [2.05, 4.69) is 66.2 Å². The van der Waals surface area contributed by atoms with Crippen LogP contribution in [0, 0.1) is 13.8 Å². The summed E-state index contributed by atoms with van der Waals surface area (Å²) in [6, 6.07) is 22.5. The number of rotatable bonds is 12. The lowest BCUT2D eigenvalue weighted by Gasteiger charge is -2.21. The lowest BCUT2D eigenvalue weighted by atomic mass is 9.92. The van der Waals surface area contributed by atoms with E-state index in [4.69, 9.17) is 4.98 Å². The molecular weight excluding hydrogens is 492 g/mol. The number of benzene rings is 3. The number of unbranched alkanes of at least 4 members (excludes halogenated alkanes) is 4. The lowest BCUT2D eigenvalue weighted by molar-refractivity contribution is 0.0953. The minimum Gasteiger partial charge on any atom is -0.384 e. The molecule has 0 aliphatic heterocycles. The van der Waals surface area contributed by atoms with E-state index in [1.807, 2.05) is 30.3 Å². The van der Waals surface area contributed by atoms with Crippen molar-refractivity contribution < 1.29 is 4.79 Å². The monoisotopic (exact) mass is 534 g/mol. The molecule has 0 saturated heterocycles. The predicted molar refractivity (Wildman–Crippen MR) is 168 cm³/mol. The van der Waals surface area contributed by atoms with Crippen molar-refractivity contribution in [2.45, 2.75) is 71.6 Å². The maximum atomic E-state index is 12.9. The largest absolute Gasteiger partial charge is 0.384 e. The lowest BCUT2D eigenvalue weighted by Crippen LogP contribution is -2.25. The normalized spacial score (nSPS) is 12.7. The number of para-hydroxylation sites is 2. The average molecular weight is 535 g/mol. The van der Waals surface area contributed by atoms with Gasteiger partial charge in [-0.25, -0.2) is 0 Å². The quantitative estimate of drug-likeness (QED) is 0.160. The molecule has 5 rings (SSSR count). The van der Waals surface area contributed by atoms with Crippen LogP contribution in [0.5, 0.6) is 0 Å². The van der Waals surface area contributed by atoms with E-state index in [9.17, 15) is 4.79 Å². The van der Waals surface area contributed by atoms with Gasteiger partial charge in [0.05, 0.1) is 16.8 Å². The summed E-state index contributed by atoms with van der Waals surface area (Å²) in [6.45, 7) is 5.89. The number of hydrogen-bond donors (Lipinski definition) is 3. The molecule has 1 aliphatic carbocycles. The molecule has 1 amide bonds. The number of carbonyl (C=O) groups excluding carboxylic acids is 1. The van der Waals surface area contributed by atoms with Crippen LogP contribution in [0.3, 0.4) is 0 Å². The van der Waals surface area contributed by atoms with E-state index in [1.165, 1.54) is 59.1 Å². The Hall–Kier alpha value is -3.86. The van der Waals surface area contributed by atoms with Crippen molar-refractivity contribution in [1.82, 2.24) is 10.3 Å². The number of aromatic nitrogens is 1. The highest BCUT2D eigenvalue weighted by Gasteiger charge is 2.17. The summed E-state index contributed by atoms with van der Waals surface area (Å²) in [5, 5.41) is 11.6. The zero-order valence-corrected chi connectivity index (χ0v) is 24.0. The van der Waals surface area contributed by atoms with E-state index < -0.39 is 0 Å². The molecule has 0 atom stereocenters. The molecule has 1 aromatic heterocycles. The Balaban J connectivity index is 1.04. The van der Waals surface area contributed by atoms with Gasteiger partial charge in [-0.1, -0.05) is 61.7 Å². The van der Waals surface area contributed by atoms with E-state index in [1.54, 1.807) is 0 Å². The third kappa shape index (κ3) is 6.64. The SMILES string of the molecule is Cc1cccc(Nc2ccccc2C(=O)NCCCCCCCNc2c3c(nc4ccccc24)CCCC3)c1C. The minimum absolute atomic E-state index is 0.0227. The first kappa shape index (κ1) is 27.7. The molecule has 5 heteroatoms. The molecule has 0 radical (unpaired) electrons. The predicted octanol–water partition coefficient (Wildman–Crippen LogP) is 8.27. The number of carbonyl (C=O) groups is 1. The molecule has 1 aliphatic rings. The van der Waals surface area contributed by atoms with Crippen LogP contribution in [-0.4, -0.2) is 24.0 Å². The van der Waals surface area contributed by atoms with Crippen molar-refractivity contribution in [3.63, 3.8) is 0 Å². The summed E-state index contributed by atoms with van der Waals surface area (Å²) in [4.78, 5) is 17.9. The van der Waals surface area contributed by atoms with Gasteiger partial charge in [-0.05, 0) is 93.3 Å². The van der Waals surface area contributed by atoms with Gasteiger partial charge in [0.25, 0.3) is 5.91 Å². The average Bonchev–Trinajstić information content (AvgIpc) is 2.98. The zero-order valence-electron chi connectivity index (χ0n) is 24.0. The van der Waals surface area contributed by atoms with Crippen molar-refractivity contribution >= 4 is 33.9 Å². The van der Waals surface area contributed by atoms with Crippen LogP contribution in [0.4, 0.5) is 17.1 Å². The molecule has 40 heavy (non-hydrogen) atoms. The van der Waals surface area contributed by atoms with Crippen LogP contribution in [0.2, 0.25) is 0 Å². The van der Waals surface area contributed by atoms with Crippen LogP contribution in [0.1, 0.15) is 77.7 Å². The summed E-state index contributed by atoms with van der Waals surface area (Å²) in [7, 11) is 0. The van der Waals surface area contributed by atoms with Crippen LogP contribution in [-0.2, 0) is 12.8 Å². The maximum Gasteiger partial charge on any atom is 0.253 e. The van der Waals surface area contributed by atoms with Gasteiger partial charge in [0, 0.05) is 35.5 Å². The summed E-state index contributed by atoms with van der Waals surface area (Å²) in [5.74, 6) is -0.0227. The second kappa shape index (κ2) is 13.5. The number of amides is 1. The van der Waals surface area contributed by atoms with Gasteiger partial charge in [-0.2, -0.15) is 0 Å². The van der Waals surface area contributed by atoms with E-state index in [0.29, 0.717) is 12.1 Å². The molecule has 208 valence electrons. The Morgan fingerprint density at radius 2 is 1.50 bits per heavy atom. The summed E-state index contributed by atoms with van der Waals surface area (Å²) < 4.78 is 0. The smallest absolute Gasteiger partial charge is 0.253 e. The van der Waals surface area contributed by atoms with Crippen LogP contribution < -0.4 is 16.0 Å². The fraction of sp³-hybridized carbons (Fsp3) is 0.371.